The molecular formula is C18H24F4N6S. The van der Waals surface area contributed by atoms with Crippen molar-refractivity contribution in [3.8, 4) is 0 Å². The molecule has 6 nitrogen and oxygen atoms in total. The number of aromatic nitrogens is 3. The number of nitrogens with zero attached hydrogens (tertiary/aromatic N) is 4. The van der Waals surface area contributed by atoms with E-state index in [4.69, 9.17) is 0 Å². The van der Waals surface area contributed by atoms with Crippen molar-refractivity contribution >= 4 is 17.7 Å². The number of thioether (sulfide) groups is 1. The first kappa shape index (κ1) is 23.0. The summed E-state index contributed by atoms with van der Waals surface area (Å²) in [5.74, 6) is 1.77. The van der Waals surface area contributed by atoms with Gasteiger partial charge in [0.25, 0.3) is 0 Å². The number of rotatable bonds is 8. The Morgan fingerprint density at radius 3 is 2.62 bits per heavy atom. The van der Waals surface area contributed by atoms with Crippen LogP contribution >= 0.6 is 11.8 Å². The maximum atomic E-state index is 13.3. The topological polar surface area (TPSA) is 67.1 Å². The van der Waals surface area contributed by atoms with Crippen LogP contribution in [0.15, 0.2) is 23.2 Å². The Labute approximate surface area is 171 Å². The van der Waals surface area contributed by atoms with Crippen molar-refractivity contribution in [3.05, 3.63) is 46.8 Å². The highest BCUT2D eigenvalue weighted by Gasteiger charge is 2.33. The van der Waals surface area contributed by atoms with Gasteiger partial charge in [-0.1, -0.05) is 6.07 Å². The van der Waals surface area contributed by atoms with E-state index in [1.54, 1.807) is 16.3 Å². The molecule has 0 atom stereocenters. The zero-order valence-corrected chi connectivity index (χ0v) is 17.3. The normalized spacial score (nSPS) is 12.3. The molecule has 29 heavy (non-hydrogen) atoms. The fourth-order valence-electron chi connectivity index (χ4n) is 2.48. The van der Waals surface area contributed by atoms with Gasteiger partial charge in [0.05, 0.1) is 18.7 Å². The van der Waals surface area contributed by atoms with Crippen molar-refractivity contribution < 1.29 is 17.6 Å². The van der Waals surface area contributed by atoms with Gasteiger partial charge in [0, 0.05) is 13.6 Å². The molecule has 1 aromatic heterocycles. The Balaban J connectivity index is 2.15. The van der Waals surface area contributed by atoms with Gasteiger partial charge >= 0.3 is 6.18 Å². The van der Waals surface area contributed by atoms with Crippen LogP contribution in [-0.2, 0) is 26.3 Å². The molecule has 0 unspecified atom stereocenters. The number of hydrogen-bond donors (Lipinski definition) is 2. The number of hydrogen-bond acceptors (Lipinski definition) is 4. The number of benzene rings is 1. The van der Waals surface area contributed by atoms with Crippen molar-refractivity contribution in [1.82, 2.24) is 25.4 Å². The molecule has 1 aromatic carbocycles. The van der Waals surface area contributed by atoms with E-state index >= 15 is 0 Å². The summed E-state index contributed by atoms with van der Waals surface area (Å²) in [4.78, 5) is 4.25. The number of alkyl halides is 3. The first-order valence-electron chi connectivity index (χ1n) is 8.94. The van der Waals surface area contributed by atoms with Crippen molar-refractivity contribution in [2.45, 2.75) is 32.6 Å². The van der Waals surface area contributed by atoms with Crippen LogP contribution in [0.4, 0.5) is 17.6 Å². The molecule has 2 rings (SSSR count). The van der Waals surface area contributed by atoms with E-state index in [-0.39, 0.29) is 12.1 Å². The number of nitrogens with one attached hydrogen (secondary N) is 2. The van der Waals surface area contributed by atoms with E-state index in [0.717, 1.165) is 30.1 Å². The highest BCUT2D eigenvalue weighted by molar-refractivity contribution is 7.98. The minimum Gasteiger partial charge on any atom is -0.356 e. The molecule has 0 radical (unpaired) electrons. The standard InChI is InChI=1S/C18H24F4N6S/c1-12-26-27-16(28(12)2)11-25-17(23-7-4-8-29-3)24-10-13-5-6-14(19)9-15(13)18(20,21)22/h5-6,9H,4,7-8,10-11H2,1-3H3,(H2,23,24,25). The lowest BCUT2D eigenvalue weighted by Gasteiger charge is -2.14. The van der Waals surface area contributed by atoms with Gasteiger partial charge in [-0.2, -0.15) is 24.9 Å². The molecule has 2 N–H and O–H groups in total. The van der Waals surface area contributed by atoms with Crippen LogP contribution < -0.4 is 10.6 Å². The predicted molar refractivity (Wildman–Crippen MR) is 106 cm³/mol. The van der Waals surface area contributed by atoms with Crippen LogP contribution in [0.3, 0.4) is 0 Å². The van der Waals surface area contributed by atoms with E-state index in [9.17, 15) is 17.6 Å². The second-order valence-electron chi connectivity index (χ2n) is 6.31. The molecule has 0 bridgehead atoms. The summed E-state index contributed by atoms with van der Waals surface area (Å²) in [6, 6.07) is 2.60. The van der Waals surface area contributed by atoms with Crippen LogP contribution in [0, 0.1) is 12.7 Å². The van der Waals surface area contributed by atoms with Gasteiger partial charge < -0.3 is 15.2 Å². The lowest BCUT2D eigenvalue weighted by molar-refractivity contribution is -0.138. The molecule has 0 amide bonds. The number of aryl methyl sites for hydroxylation is 1. The fraction of sp³-hybridized carbons (Fsp3) is 0.500. The Hall–Kier alpha value is -2.30. The molecule has 2 aromatic rings. The van der Waals surface area contributed by atoms with Crippen LogP contribution in [0.1, 0.15) is 29.2 Å². The van der Waals surface area contributed by atoms with Crippen molar-refractivity contribution in [2.75, 3.05) is 18.6 Å². The molecular weight excluding hydrogens is 408 g/mol. The molecule has 0 fully saturated rings. The third kappa shape index (κ3) is 6.91. The number of halogens is 4. The molecule has 0 aliphatic heterocycles. The molecule has 0 saturated carbocycles. The Morgan fingerprint density at radius 1 is 1.24 bits per heavy atom. The fourth-order valence-corrected chi connectivity index (χ4v) is 2.91. The number of guanidine groups is 1. The SMILES string of the molecule is CSCCCNC(=NCc1ccc(F)cc1C(F)(F)F)NCc1nnc(C)n1C. The van der Waals surface area contributed by atoms with Gasteiger partial charge in [0.15, 0.2) is 11.8 Å². The van der Waals surface area contributed by atoms with E-state index < -0.39 is 17.6 Å². The van der Waals surface area contributed by atoms with Crippen molar-refractivity contribution in [2.24, 2.45) is 12.0 Å². The molecule has 1 heterocycles. The molecule has 11 heteroatoms. The summed E-state index contributed by atoms with van der Waals surface area (Å²) in [6.45, 7) is 2.49. The van der Waals surface area contributed by atoms with Gasteiger partial charge in [-0.25, -0.2) is 9.38 Å². The lowest BCUT2D eigenvalue weighted by Crippen LogP contribution is -2.38. The molecule has 0 spiro atoms. The quantitative estimate of drug-likeness (QED) is 0.290. The van der Waals surface area contributed by atoms with Crippen LogP contribution in [0.25, 0.3) is 0 Å². The lowest BCUT2D eigenvalue weighted by atomic mass is 10.1. The van der Waals surface area contributed by atoms with Crippen LogP contribution in [0.5, 0.6) is 0 Å². The summed E-state index contributed by atoms with van der Waals surface area (Å²) in [6.07, 6.45) is -1.78. The summed E-state index contributed by atoms with van der Waals surface area (Å²) >= 11 is 1.70. The maximum Gasteiger partial charge on any atom is 0.416 e. The first-order valence-corrected chi connectivity index (χ1v) is 10.3. The summed E-state index contributed by atoms with van der Waals surface area (Å²) in [7, 11) is 1.82. The number of aliphatic imine (C=N–C) groups is 1. The molecule has 0 saturated heterocycles. The minimum absolute atomic E-state index is 0.0985. The van der Waals surface area contributed by atoms with E-state index in [0.29, 0.717) is 30.9 Å². The third-order valence-electron chi connectivity index (χ3n) is 4.20. The maximum absolute atomic E-state index is 13.3. The van der Waals surface area contributed by atoms with Gasteiger partial charge in [-0.15, -0.1) is 10.2 Å². The first-order chi connectivity index (χ1) is 13.7. The van der Waals surface area contributed by atoms with E-state index in [1.807, 2.05) is 20.2 Å². The predicted octanol–water partition coefficient (Wildman–Crippen LogP) is 3.27. The average Bonchev–Trinajstić information content (AvgIpc) is 2.98. The summed E-state index contributed by atoms with van der Waals surface area (Å²) in [5.41, 5.74) is -1.12. The van der Waals surface area contributed by atoms with Gasteiger partial charge in [-0.3, -0.25) is 0 Å². The molecule has 0 aliphatic carbocycles. The zero-order valence-electron chi connectivity index (χ0n) is 16.5. The zero-order chi connectivity index (χ0) is 21.4. The van der Waals surface area contributed by atoms with Gasteiger partial charge in [0.2, 0.25) is 0 Å². The monoisotopic (exact) mass is 432 g/mol. The van der Waals surface area contributed by atoms with E-state index in [1.165, 1.54) is 0 Å². The minimum atomic E-state index is -4.65. The molecule has 0 aliphatic rings. The summed E-state index contributed by atoms with van der Waals surface area (Å²) in [5, 5.41) is 14.2. The third-order valence-corrected chi connectivity index (χ3v) is 4.90. The van der Waals surface area contributed by atoms with Crippen LogP contribution in [-0.4, -0.2) is 39.3 Å². The smallest absolute Gasteiger partial charge is 0.356 e. The second-order valence-corrected chi connectivity index (χ2v) is 7.30. The highest BCUT2D eigenvalue weighted by atomic mass is 32.2. The largest absolute Gasteiger partial charge is 0.416 e. The Kier molecular flexibility index (Phi) is 8.30. The van der Waals surface area contributed by atoms with Gasteiger partial charge in [-0.05, 0) is 43.0 Å². The summed E-state index contributed by atoms with van der Waals surface area (Å²) < 4.78 is 54.7. The Morgan fingerprint density at radius 2 is 2.00 bits per heavy atom. The Bertz CT molecular complexity index is 834. The molecule has 160 valence electrons. The van der Waals surface area contributed by atoms with E-state index in [2.05, 4.69) is 25.8 Å². The highest BCUT2D eigenvalue weighted by Crippen LogP contribution is 2.32. The van der Waals surface area contributed by atoms with Gasteiger partial charge in [0.1, 0.15) is 11.6 Å². The van der Waals surface area contributed by atoms with Crippen LogP contribution in [0.2, 0.25) is 0 Å². The second kappa shape index (κ2) is 10.5. The average molecular weight is 432 g/mol. The van der Waals surface area contributed by atoms with Crippen molar-refractivity contribution in [1.29, 1.82) is 0 Å². The van der Waals surface area contributed by atoms with Crippen molar-refractivity contribution in [3.63, 3.8) is 0 Å².